The Morgan fingerprint density at radius 1 is 1.53 bits per heavy atom. The van der Waals surface area contributed by atoms with Crippen molar-refractivity contribution in [3.05, 3.63) is 22.9 Å². The Morgan fingerprint density at radius 3 is 2.71 bits per heavy atom. The van der Waals surface area contributed by atoms with E-state index in [1.165, 1.54) is 0 Å². The maximum Gasteiger partial charge on any atom is 0.139 e. The molecule has 17 heavy (non-hydrogen) atoms. The van der Waals surface area contributed by atoms with Gasteiger partial charge in [0, 0.05) is 26.4 Å². The number of aromatic nitrogens is 1. The van der Waals surface area contributed by atoms with Crippen molar-refractivity contribution in [1.29, 1.82) is 0 Å². The lowest BCUT2D eigenvalue weighted by Crippen LogP contribution is -2.27. The molecule has 0 fully saturated rings. The van der Waals surface area contributed by atoms with Crippen LogP contribution in [0.3, 0.4) is 0 Å². The molecule has 0 amide bonds. The number of aryl methyl sites for hydroxylation is 2. The van der Waals surface area contributed by atoms with Crippen LogP contribution in [0.2, 0.25) is 0 Å². The van der Waals surface area contributed by atoms with E-state index in [0.29, 0.717) is 11.6 Å². The summed E-state index contributed by atoms with van der Waals surface area (Å²) in [6.07, 6.45) is 0. The molecule has 0 saturated carbocycles. The lowest BCUT2D eigenvalue weighted by Gasteiger charge is -2.22. The largest absolute Gasteiger partial charge is 0.389 e. The standard InChI is InChI=1S/C12H19N3OS/c1-8-7-9(2)14-12(10(8)11(13)17)15(3)5-6-16-4/h7H,5-6H2,1-4H3,(H2,13,17). The maximum atomic E-state index is 5.77. The first-order valence-electron chi connectivity index (χ1n) is 5.45. The maximum absolute atomic E-state index is 5.77. The molecule has 0 spiro atoms. The molecular formula is C12H19N3OS. The molecule has 1 aromatic heterocycles. The van der Waals surface area contributed by atoms with E-state index in [1.807, 2.05) is 31.9 Å². The Morgan fingerprint density at radius 2 is 2.18 bits per heavy atom. The molecule has 0 aliphatic carbocycles. The lowest BCUT2D eigenvalue weighted by atomic mass is 10.1. The minimum Gasteiger partial charge on any atom is -0.389 e. The van der Waals surface area contributed by atoms with Crippen LogP contribution in [0.1, 0.15) is 16.8 Å². The number of rotatable bonds is 5. The fourth-order valence-corrected chi connectivity index (χ4v) is 1.98. The monoisotopic (exact) mass is 253 g/mol. The van der Waals surface area contributed by atoms with Crippen molar-refractivity contribution in [1.82, 2.24) is 4.98 Å². The highest BCUT2D eigenvalue weighted by Crippen LogP contribution is 2.21. The molecule has 0 aliphatic heterocycles. The molecule has 0 unspecified atom stereocenters. The van der Waals surface area contributed by atoms with Gasteiger partial charge >= 0.3 is 0 Å². The van der Waals surface area contributed by atoms with Gasteiger partial charge in [-0.1, -0.05) is 12.2 Å². The first-order valence-corrected chi connectivity index (χ1v) is 5.86. The van der Waals surface area contributed by atoms with Gasteiger partial charge in [0.25, 0.3) is 0 Å². The summed E-state index contributed by atoms with van der Waals surface area (Å²) in [7, 11) is 3.64. The van der Waals surface area contributed by atoms with E-state index in [4.69, 9.17) is 22.7 Å². The molecule has 0 aromatic carbocycles. The van der Waals surface area contributed by atoms with E-state index in [-0.39, 0.29) is 0 Å². The number of hydrogen-bond donors (Lipinski definition) is 1. The molecule has 4 nitrogen and oxygen atoms in total. The van der Waals surface area contributed by atoms with Gasteiger partial charge in [-0.05, 0) is 25.5 Å². The molecule has 0 aliphatic rings. The van der Waals surface area contributed by atoms with E-state index in [0.717, 1.165) is 29.2 Å². The summed E-state index contributed by atoms with van der Waals surface area (Å²) in [6.45, 7) is 5.35. The molecule has 5 heteroatoms. The third-order valence-electron chi connectivity index (χ3n) is 2.56. The Labute approximate surface area is 108 Å². The highest BCUT2D eigenvalue weighted by atomic mass is 32.1. The van der Waals surface area contributed by atoms with Crippen LogP contribution in [0, 0.1) is 13.8 Å². The number of anilines is 1. The van der Waals surface area contributed by atoms with E-state index in [2.05, 4.69) is 4.98 Å². The summed E-state index contributed by atoms with van der Waals surface area (Å²) in [5.74, 6) is 0.826. The van der Waals surface area contributed by atoms with Crippen LogP contribution in [-0.4, -0.2) is 37.3 Å². The summed E-state index contributed by atoms with van der Waals surface area (Å²) in [5.41, 5.74) is 8.64. The SMILES string of the molecule is COCCN(C)c1nc(C)cc(C)c1C(N)=S. The van der Waals surface area contributed by atoms with E-state index in [1.54, 1.807) is 7.11 Å². The minimum absolute atomic E-state index is 0.384. The Bertz CT molecular complexity index is 420. The number of hydrogen-bond acceptors (Lipinski definition) is 4. The highest BCUT2D eigenvalue weighted by Gasteiger charge is 2.14. The average molecular weight is 253 g/mol. The van der Waals surface area contributed by atoms with Crippen molar-refractivity contribution in [3.63, 3.8) is 0 Å². The second-order valence-corrected chi connectivity index (χ2v) is 4.50. The van der Waals surface area contributed by atoms with Crippen LogP contribution >= 0.6 is 12.2 Å². The van der Waals surface area contributed by atoms with Gasteiger partial charge in [-0.25, -0.2) is 4.98 Å². The van der Waals surface area contributed by atoms with Crippen LogP contribution in [0.4, 0.5) is 5.82 Å². The zero-order chi connectivity index (χ0) is 13.0. The van der Waals surface area contributed by atoms with Gasteiger partial charge in [0.1, 0.15) is 10.8 Å². The van der Waals surface area contributed by atoms with Gasteiger partial charge in [0.2, 0.25) is 0 Å². The molecule has 0 atom stereocenters. The normalized spacial score (nSPS) is 10.4. The van der Waals surface area contributed by atoms with Gasteiger partial charge in [0.05, 0.1) is 12.2 Å². The first kappa shape index (κ1) is 13.9. The molecular weight excluding hydrogens is 234 g/mol. The van der Waals surface area contributed by atoms with Crippen LogP contribution in [-0.2, 0) is 4.74 Å². The highest BCUT2D eigenvalue weighted by molar-refractivity contribution is 7.80. The number of nitrogens with two attached hydrogens (primary N) is 1. The second-order valence-electron chi connectivity index (χ2n) is 4.06. The van der Waals surface area contributed by atoms with E-state index >= 15 is 0 Å². The Hall–Kier alpha value is -1.20. The van der Waals surface area contributed by atoms with Gasteiger partial charge < -0.3 is 15.4 Å². The number of pyridine rings is 1. The zero-order valence-corrected chi connectivity index (χ0v) is 11.6. The smallest absolute Gasteiger partial charge is 0.139 e. The van der Waals surface area contributed by atoms with Crippen LogP contribution in [0.5, 0.6) is 0 Å². The van der Waals surface area contributed by atoms with Crippen molar-refractivity contribution in [3.8, 4) is 0 Å². The molecule has 0 bridgehead atoms. The van der Waals surface area contributed by atoms with Crippen molar-refractivity contribution in [2.75, 3.05) is 32.2 Å². The molecule has 94 valence electrons. The summed E-state index contributed by atoms with van der Waals surface area (Å²) in [6, 6.07) is 1.99. The summed E-state index contributed by atoms with van der Waals surface area (Å²) < 4.78 is 5.06. The Kier molecular flexibility index (Phi) is 4.84. The number of methoxy groups -OCH3 is 1. The van der Waals surface area contributed by atoms with Crippen molar-refractivity contribution >= 4 is 23.0 Å². The summed E-state index contributed by atoms with van der Waals surface area (Å²) >= 11 is 5.09. The van der Waals surface area contributed by atoms with E-state index < -0.39 is 0 Å². The third-order valence-corrected chi connectivity index (χ3v) is 2.77. The number of likely N-dealkylation sites (N-methyl/N-ethyl adjacent to an activating group) is 1. The average Bonchev–Trinajstić information content (AvgIpc) is 2.23. The third kappa shape index (κ3) is 3.38. The number of nitrogens with zero attached hydrogens (tertiary/aromatic N) is 2. The topological polar surface area (TPSA) is 51.4 Å². The van der Waals surface area contributed by atoms with Crippen LogP contribution in [0.15, 0.2) is 6.07 Å². The van der Waals surface area contributed by atoms with Crippen molar-refractivity contribution < 1.29 is 4.74 Å². The molecule has 0 saturated heterocycles. The van der Waals surface area contributed by atoms with Gasteiger partial charge in [-0.15, -0.1) is 0 Å². The second kappa shape index (κ2) is 5.93. The molecule has 2 N–H and O–H groups in total. The Balaban J connectivity index is 3.15. The quantitative estimate of drug-likeness (QED) is 0.804. The van der Waals surface area contributed by atoms with Gasteiger partial charge in [-0.3, -0.25) is 0 Å². The number of thiocarbonyl (C=S) groups is 1. The van der Waals surface area contributed by atoms with Gasteiger partial charge in [-0.2, -0.15) is 0 Å². The predicted molar refractivity (Wildman–Crippen MR) is 74.7 cm³/mol. The van der Waals surface area contributed by atoms with E-state index in [9.17, 15) is 0 Å². The molecule has 1 rings (SSSR count). The molecule has 1 aromatic rings. The van der Waals surface area contributed by atoms with Crippen molar-refractivity contribution in [2.24, 2.45) is 5.73 Å². The molecule has 1 heterocycles. The van der Waals surface area contributed by atoms with Gasteiger partial charge in [0.15, 0.2) is 0 Å². The predicted octanol–water partition coefficient (Wildman–Crippen LogP) is 1.42. The lowest BCUT2D eigenvalue weighted by molar-refractivity contribution is 0.206. The first-order chi connectivity index (χ1) is 7.97. The summed E-state index contributed by atoms with van der Waals surface area (Å²) in [5, 5.41) is 0. The zero-order valence-electron chi connectivity index (χ0n) is 10.8. The number of ether oxygens (including phenoxy) is 1. The fraction of sp³-hybridized carbons (Fsp3) is 0.500. The van der Waals surface area contributed by atoms with Crippen LogP contribution < -0.4 is 10.6 Å². The van der Waals surface area contributed by atoms with Crippen molar-refractivity contribution in [2.45, 2.75) is 13.8 Å². The summed E-state index contributed by atoms with van der Waals surface area (Å²) in [4.78, 5) is 6.91. The molecule has 0 radical (unpaired) electrons. The minimum atomic E-state index is 0.384. The van der Waals surface area contributed by atoms with Crippen LogP contribution in [0.25, 0.3) is 0 Å². The fourth-order valence-electron chi connectivity index (χ4n) is 1.73.